The molecule has 0 amide bonds. The number of fused-ring (bicyclic) bond motifs is 1. The van der Waals surface area contributed by atoms with E-state index >= 15 is 0 Å². The number of furan rings is 1. The average Bonchev–Trinajstić information content (AvgIpc) is 2.82. The van der Waals surface area contributed by atoms with Crippen molar-refractivity contribution < 1.29 is 9.21 Å². The van der Waals surface area contributed by atoms with Crippen LogP contribution in [0, 0.1) is 5.41 Å². The summed E-state index contributed by atoms with van der Waals surface area (Å²) in [6.45, 7) is 4.21. The Hall–Kier alpha value is -0.460. The van der Waals surface area contributed by atoms with E-state index in [0.717, 1.165) is 26.5 Å². The summed E-state index contributed by atoms with van der Waals surface area (Å²) < 4.78 is 7.06. The van der Waals surface area contributed by atoms with Gasteiger partial charge < -0.3 is 4.42 Å². The molecule has 0 radical (unpaired) electrons. The zero-order chi connectivity index (χ0) is 13.8. The lowest BCUT2D eigenvalue weighted by Gasteiger charge is -2.26. The summed E-state index contributed by atoms with van der Waals surface area (Å²) in [5, 5.41) is 0.766. The maximum absolute atomic E-state index is 12.1. The number of halogens is 2. The molecular formula is C13H11Br2NO2S. The minimum absolute atomic E-state index is 0.000241. The molecule has 2 aromatic rings. The molecule has 0 saturated heterocycles. The molecule has 0 unspecified atom stereocenters. The summed E-state index contributed by atoms with van der Waals surface area (Å²) in [7, 11) is 0. The van der Waals surface area contributed by atoms with Gasteiger partial charge in [0.2, 0.25) is 0 Å². The molecule has 1 aliphatic rings. The van der Waals surface area contributed by atoms with Gasteiger partial charge in [0.1, 0.15) is 0 Å². The van der Waals surface area contributed by atoms with Crippen molar-refractivity contribution in [2.45, 2.75) is 26.7 Å². The van der Waals surface area contributed by atoms with E-state index in [1.165, 1.54) is 11.3 Å². The van der Waals surface area contributed by atoms with E-state index in [4.69, 9.17) is 4.42 Å². The van der Waals surface area contributed by atoms with Crippen LogP contribution in [0.25, 0.3) is 10.8 Å². The topological polar surface area (TPSA) is 43.1 Å². The van der Waals surface area contributed by atoms with Crippen molar-refractivity contribution >= 4 is 49.0 Å². The standard InChI is InChI=1S/C13H11Br2NO2S/c1-13(2)4-7-10(8(17)5-13)19-12(16-7)9-3-6(14)11(15)18-9/h3H,4-5H2,1-2H3. The molecule has 19 heavy (non-hydrogen) atoms. The summed E-state index contributed by atoms with van der Waals surface area (Å²) in [5.74, 6) is 0.878. The van der Waals surface area contributed by atoms with Crippen molar-refractivity contribution in [1.29, 1.82) is 0 Å². The minimum Gasteiger partial charge on any atom is -0.446 e. The molecule has 0 saturated carbocycles. The first kappa shape index (κ1) is 13.5. The predicted molar refractivity (Wildman–Crippen MR) is 81.6 cm³/mol. The van der Waals surface area contributed by atoms with Gasteiger partial charge in [0.05, 0.1) is 15.0 Å². The molecule has 100 valence electrons. The maximum Gasteiger partial charge on any atom is 0.184 e. The summed E-state index contributed by atoms with van der Waals surface area (Å²) in [5.41, 5.74) is 0.907. The first-order valence-corrected chi connectivity index (χ1v) is 8.24. The van der Waals surface area contributed by atoms with Gasteiger partial charge in [-0.1, -0.05) is 13.8 Å². The Kier molecular flexibility index (Phi) is 3.22. The predicted octanol–water partition coefficient (Wildman–Crippen LogP) is 5.08. The van der Waals surface area contributed by atoms with Crippen LogP contribution in [-0.2, 0) is 6.42 Å². The molecule has 3 nitrogen and oxygen atoms in total. The summed E-state index contributed by atoms with van der Waals surface area (Å²) >= 11 is 8.12. The summed E-state index contributed by atoms with van der Waals surface area (Å²) in [6.07, 6.45) is 1.43. The quantitative estimate of drug-likeness (QED) is 0.665. The molecule has 0 N–H and O–H groups in total. The minimum atomic E-state index is -0.000241. The van der Waals surface area contributed by atoms with E-state index in [2.05, 4.69) is 50.7 Å². The first-order chi connectivity index (χ1) is 8.85. The van der Waals surface area contributed by atoms with Crippen LogP contribution in [0.15, 0.2) is 19.6 Å². The Balaban J connectivity index is 2.06. The molecule has 1 aliphatic carbocycles. The van der Waals surface area contributed by atoms with Gasteiger partial charge in [0, 0.05) is 12.5 Å². The van der Waals surface area contributed by atoms with Gasteiger partial charge in [0.15, 0.2) is 21.2 Å². The van der Waals surface area contributed by atoms with E-state index in [9.17, 15) is 4.79 Å². The normalized spacial score (nSPS) is 17.6. The smallest absolute Gasteiger partial charge is 0.184 e. The third kappa shape index (κ3) is 2.45. The fraction of sp³-hybridized carbons (Fsp3) is 0.385. The lowest BCUT2D eigenvalue weighted by Crippen LogP contribution is -2.25. The van der Waals surface area contributed by atoms with Gasteiger partial charge in [-0.05, 0) is 43.7 Å². The summed E-state index contributed by atoms with van der Waals surface area (Å²) in [4.78, 5) is 17.5. The number of hydrogen-bond donors (Lipinski definition) is 0. The lowest BCUT2D eigenvalue weighted by molar-refractivity contribution is 0.0916. The maximum atomic E-state index is 12.1. The first-order valence-electron chi connectivity index (χ1n) is 5.84. The van der Waals surface area contributed by atoms with E-state index in [-0.39, 0.29) is 11.2 Å². The number of hydrogen-bond acceptors (Lipinski definition) is 4. The highest BCUT2D eigenvalue weighted by Gasteiger charge is 2.34. The molecule has 0 aliphatic heterocycles. The highest BCUT2D eigenvalue weighted by molar-refractivity contribution is 9.13. The van der Waals surface area contributed by atoms with Crippen LogP contribution in [0.4, 0.5) is 0 Å². The number of rotatable bonds is 1. The second kappa shape index (κ2) is 4.53. The second-order valence-electron chi connectivity index (χ2n) is 5.47. The Bertz CT molecular complexity index is 653. The Morgan fingerprint density at radius 2 is 2.11 bits per heavy atom. The van der Waals surface area contributed by atoms with Crippen LogP contribution in [0.5, 0.6) is 0 Å². The third-order valence-electron chi connectivity index (χ3n) is 3.09. The monoisotopic (exact) mass is 403 g/mol. The second-order valence-corrected chi connectivity index (χ2v) is 8.04. The van der Waals surface area contributed by atoms with Crippen LogP contribution < -0.4 is 0 Å². The van der Waals surface area contributed by atoms with E-state index in [1.807, 2.05) is 6.07 Å². The van der Waals surface area contributed by atoms with E-state index in [1.54, 1.807) is 0 Å². The number of thiazole rings is 1. The molecule has 0 aromatic carbocycles. The van der Waals surface area contributed by atoms with Crippen LogP contribution in [0.3, 0.4) is 0 Å². The van der Waals surface area contributed by atoms with Crippen molar-refractivity contribution in [2.24, 2.45) is 5.41 Å². The zero-order valence-electron chi connectivity index (χ0n) is 10.4. The van der Waals surface area contributed by atoms with Gasteiger partial charge in [-0.3, -0.25) is 4.79 Å². The number of Topliss-reactive ketones (excluding diaryl/α,β-unsaturated/α-hetero) is 1. The van der Waals surface area contributed by atoms with Crippen molar-refractivity contribution in [3.8, 4) is 10.8 Å². The highest BCUT2D eigenvalue weighted by Crippen LogP contribution is 2.41. The van der Waals surface area contributed by atoms with Crippen LogP contribution >= 0.6 is 43.2 Å². The number of carbonyl (C=O) groups is 1. The number of ketones is 1. The highest BCUT2D eigenvalue weighted by atomic mass is 79.9. The number of nitrogens with zero attached hydrogens (tertiary/aromatic N) is 1. The number of aromatic nitrogens is 1. The van der Waals surface area contributed by atoms with Crippen LogP contribution in [0.2, 0.25) is 0 Å². The Labute approximate surface area is 131 Å². The molecular weight excluding hydrogens is 394 g/mol. The lowest BCUT2D eigenvalue weighted by atomic mass is 9.78. The van der Waals surface area contributed by atoms with Gasteiger partial charge in [0.25, 0.3) is 0 Å². The van der Waals surface area contributed by atoms with E-state index < -0.39 is 0 Å². The zero-order valence-corrected chi connectivity index (χ0v) is 14.4. The summed E-state index contributed by atoms with van der Waals surface area (Å²) in [6, 6.07) is 1.87. The number of carbonyl (C=O) groups excluding carboxylic acids is 1. The molecule has 0 bridgehead atoms. The largest absolute Gasteiger partial charge is 0.446 e. The van der Waals surface area contributed by atoms with Gasteiger partial charge in [-0.25, -0.2) is 4.98 Å². The fourth-order valence-corrected chi connectivity index (χ4v) is 3.83. The van der Waals surface area contributed by atoms with Gasteiger partial charge in [-0.2, -0.15) is 0 Å². The van der Waals surface area contributed by atoms with Crippen molar-refractivity contribution in [3.05, 3.63) is 25.8 Å². The molecule has 2 heterocycles. The third-order valence-corrected chi connectivity index (χ3v) is 5.96. The van der Waals surface area contributed by atoms with Crippen molar-refractivity contribution in [1.82, 2.24) is 4.98 Å². The van der Waals surface area contributed by atoms with Crippen LogP contribution in [-0.4, -0.2) is 10.8 Å². The van der Waals surface area contributed by atoms with Gasteiger partial charge >= 0.3 is 0 Å². The van der Waals surface area contributed by atoms with Gasteiger partial charge in [-0.15, -0.1) is 11.3 Å². The molecule has 2 aromatic heterocycles. The van der Waals surface area contributed by atoms with Crippen LogP contribution in [0.1, 0.15) is 35.6 Å². The average molecular weight is 405 g/mol. The molecule has 0 spiro atoms. The fourth-order valence-electron chi connectivity index (χ4n) is 2.28. The van der Waals surface area contributed by atoms with E-state index in [0.29, 0.717) is 16.9 Å². The Morgan fingerprint density at radius 3 is 2.74 bits per heavy atom. The molecule has 0 fully saturated rings. The molecule has 3 rings (SSSR count). The SMILES string of the molecule is CC1(C)CC(=O)c2sc(-c3cc(Br)c(Br)o3)nc2C1. The molecule has 0 atom stereocenters. The van der Waals surface area contributed by atoms with Crippen molar-refractivity contribution in [2.75, 3.05) is 0 Å². The Morgan fingerprint density at radius 1 is 1.37 bits per heavy atom. The van der Waals surface area contributed by atoms with Crippen molar-refractivity contribution in [3.63, 3.8) is 0 Å². The molecule has 6 heteroatoms.